The van der Waals surface area contributed by atoms with E-state index in [1.165, 1.54) is 6.92 Å². The van der Waals surface area contributed by atoms with Crippen LogP contribution in [0.5, 0.6) is 5.75 Å². The molecular formula is C12H13ClN4O4. The molecule has 1 aromatic heterocycles. The van der Waals surface area contributed by atoms with Crippen molar-refractivity contribution in [3.05, 3.63) is 35.1 Å². The fourth-order valence-electron chi connectivity index (χ4n) is 1.72. The quantitative estimate of drug-likeness (QED) is 0.815. The molecule has 1 aromatic carbocycles. The van der Waals surface area contributed by atoms with E-state index in [-0.39, 0.29) is 12.4 Å². The Kier molecular flexibility index (Phi) is 4.71. The van der Waals surface area contributed by atoms with Crippen LogP contribution in [0.15, 0.2) is 24.3 Å². The lowest BCUT2D eigenvalue weighted by molar-refractivity contribution is -0.144. The van der Waals surface area contributed by atoms with Crippen LogP contribution >= 0.6 is 11.6 Å². The largest absolute Gasteiger partial charge is 0.486 e. The van der Waals surface area contributed by atoms with Gasteiger partial charge in [-0.05, 0) is 41.6 Å². The number of aromatic nitrogens is 4. The van der Waals surface area contributed by atoms with Crippen molar-refractivity contribution in [1.82, 2.24) is 20.2 Å². The molecule has 2 atom stereocenters. The summed E-state index contributed by atoms with van der Waals surface area (Å²) in [5, 5.41) is 30.0. The maximum Gasteiger partial charge on any atom is 0.331 e. The van der Waals surface area contributed by atoms with Crippen LogP contribution in [0.2, 0.25) is 5.02 Å². The SMILES string of the molecule is CC(O)C(C(=O)O)n1nnnc1COc1ccc(Cl)cc1. The molecular weight excluding hydrogens is 300 g/mol. The van der Waals surface area contributed by atoms with Crippen molar-refractivity contribution in [3.8, 4) is 5.75 Å². The lowest BCUT2D eigenvalue weighted by Gasteiger charge is -2.16. The molecule has 0 radical (unpaired) electrons. The number of rotatable bonds is 6. The molecule has 0 amide bonds. The van der Waals surface area contributed by atoms with Crippen LogP contribution in [-0.4, -0.2) is 42.5 Å². The van der Waals surface area contributed by atoms with Gasteiger partial charge in [0.1, 0.15) is 12.4 Å². The highest BCUT2D eigenvalue weighted by molar-refractivity contribution is 6.30. The zero-order chi connectivity index (χ0) is 15.4. The van der Waals surface area contributed by atoms with E-state index in [1.54, 1.807) is 24.3 Å². The maximum atomic E-state index is 11.2. The van der Waals surface area contributed by atoms with Crippen molar-refractivity contribution in [2.75, 3.05) is 0 Å². The molecule has 0 saturated carbocycles. The minimum Gasteiger partial charge on any atom is -0.486 e. The first-order valence-electron chi connectivity index (χ1n) is 6.05. The second kappa shape index (κ2) is 6.51. The summed E-state index contributed by atoms with van der Waals surface area (Å²) in [6.45, 7) is 1.31. The third-order valence-electron chi connectivity index (χ3n) is 2.72. The number of halogens is 1. The van der Waals surface area contributed by atoms with Gasteiger partial charge in [-0.25, -0.2) is 9.48 Å². The van der Waals surface area contributed by atoms with Crippen molar-refractivity contribution < 1.29 is 19.7 Å². The summed E-state index contributed by atoms with van der Waals surface area (Å²) < 4.78 is 6.49. The topological polar surface area (TPSA) is 110 Å². The van der Waals surface area contributed by atoms with Gasteiger partial charge in [0.2, 0.25) is 0 Å². The number of hydrogen-bond donors (Lipinski definition) is 2. The highest BCUT2D eigenvalue weighted by atomic mass is 35.5. The van der Waals surface area contributed by atoms with Crippen LogP contribution in [0.3, 0.4) is 0 Å². The molecule has 0 aliphatic rings. The Labute approximate surface area is 124 Å². The van der Waals surface area contributed by atoms with Crippen molar-refractivity contribution in [1.29, 1.82) is 0 Å². The van der Waals surface area contributed by atoms with Crippen LogP contribution < -0.4 is 4.74 Å². The number of hydrogen-bond acceptors (Lipinski definition) is 6. The fraction of sp³-hybridized carbons (Fsp3) is 0.333. The molecule has 2 rings (SSSR count). The molecule has 0 saturated heterocycles. The second-order valence-corrected chi connectivity index (χ2v) is 4.74. The van der Waals surface area contributed by atoms with E-state index in [0.717, 1.165) is 4.68 Å². The summed E-state index contributed by atoms with van der Waals surface area (Å²) in [6.07, 6.45) is -1.15. The molecule has 0 fully saturated rings. The van der Waals surface area contributed by atoms with E-state index in [9.17, 15) is 9.90 Å². The van der Waals surface area contributed by atoms with E-state index < -0.39 is 18.1 Å². The molecule has 112 valence electrons. The van der Waals surface area contributed by atoms with E-state index in [4.69, 9.17) is 21.4 Å². The number of nitrogens with zero attached hydrogens (tertiary/aromatic N) is 4. The fourth-order valence-corrected chi connectivity index (χ4v) is 1.84. The predicted molar refractivity (Wildman–Crippen MR) is 72.0 cm³/mol. The van der Waals surface area contributed by atoms with Crippen molar-refractivity contribution in [3.63, 3.8) is 0 Å². The molecule has 0 bridgehead atoms. The van der Waals surface area contributed by atoms with E-state index >= 15 is 0 Å². The van der Waals surface area contributed by atoms with Crippen LogP contribution in [0.4, 0.5) is 0 Å². The number of carboxylic acid groups (broad SMARTS) is 1. The van der Waals surface area contributed by atoms with E-state index in [0.29, 0.717) is 10.8 Å². The minimum atomic E-state index is -1.27. The third-order valence-corrected chi connectivity index (χ3v) is 2.97. The Morgan fingerprint density at radius 2 is 2.10 bits per heavy atom. The number of aliphatic hydroxyl groups excluding tert-OH is 1. The van der Waals surface area contributed by atoms with E-state index in [2.05, 4.69) is 15.5 Å². The highest BCUT2D eigenvalue weighted by Gasteiger charge is 2.29. The number of tetrazole rings is 1. The summed E-state index contributed by atoms with van der Waals surface area (Å²) in [4.78, 5) is 11.2. The summed E-state index contributed by atoms with van der Waals surface area (Å²) in [5.41, 5.74) is 0. The second-order valence-electron chi connectivity index (χ2n) is 4.31. The smallest absolute Gasteiger partial charge is 0.331 e. The molecule has 2 unspecified atom stereocenters. The lowest BCUT2D eigenvalue weighted by Crippen LogP contribution is -2.31. The lowest BCUT2D eigenvalue weighted by atomic mass is 10.2. The molecule has 2 N–H and O–H groups in total. The normalized spacial score (nSPS) is 13.7. The molecule has 1 heterocycles. The van der Waals surface area contributed by atoms with Gasteiger partial charge < -0.3 is 14.9 Å². The van der Waals surface area contributed by atoms with Gasteiger partial charge >= 0.3 is 5.97 Å². The predicted octanol–water partition coefficient (Wildman–Crippen LogP) is 0.912. The van der Waals surface area contributed by atoms with Gasteiger partial charge in [-0.2, -0.15) is 0 Å². The number of aliphatic carboxylic acids is 1. The molecule has 8 nitrogen and oxygen atoms in total. The number of carbonyl (C=O) groups is 1. The number of ether oxygens (including phenoxy) is 1. The van der Waals surface area contributed by atoms with Gasteiger partial charge in [0.15, 0.2) is 11.9 Å². The van der Waals surface area contributed by atoms with Crippen molar-refractivity contribution in [2.24, 2.45) is 0 Å². The summed E-state index contributed by atoms with van der Waals surface area (Å²) >= 11 is 5.76. The minimum absolute atomic E-state index is 0.0366. The zero-order valence-electron chi connectivity index (χ0n) is 11.0. The summed E-state index contributed by atoms with van der Waals surface area (Å²) in [6, 6.07) is 5.38. The van der Waals surface area contributed by atoms with Gasteiger partial charge in [0, 0.05) is 5.02 Å². The van der Waals surface area contributed by atoms with Crippen molar-refractivity contribution >= 4 is 17.6 Å². The van der Waals surface area contributed by atoms with Crippen LogP contribution in [-0.2, 0) is 11.4 Å². The summed E-state index contributed by atoms with van der Waals surface area (Å²) in [5.74, 6) is -0.499. The Morgan fingerprint density at radius 1 is 1.43 bits per heavy atom. The average molecular weight is 313 g/mol. The van der Waals surface area contributed by atoms with Gasteiger partial charge in [0.05, 0.1) is 6.10 Å². The molecule has 0 aliphatic heterocycles. The van der Waals surface area contributed by atoms with Crippen LogP contribution in [0.25, 0.3) is 0 Å². The molecule has 0 spiro atoms. The highest BCUT2D eigenvalue weighted by Crippen LogP contribution is 2.18. The number of aliphatic hydroxyl groups is 1. The Balaban J connectivity index is 2.13. The Morgan fingerprint density at radius 3 is 2.67 bits per heavy atom. The van der Waals surface area contributed by atoms with E-state index in [1.807, 2.05) is 0 Å². The van der Waals surface area contributed by atoms with Gasteiger partial charge in [-0.1, -0.05) is 11.6 Å². The molecule has 0 aliphatic carbocycles. The Hall–Kier alpha value is -2.19. The Bertz CT molecular complexity index is 614. The first-order chi connectivity index (χ1) is 9.99. The maximum absolute atomic E-state index is 11.2. The van der Waals surface area contributed by atoms with Crippen LogP contribution in [0.1, 0.15) is 18.8 Å². The van der Waals surface area contributed by atoms with Gasteiger partial charge in [-0.15, -0.1) is 5.10 Å². The third kappa shape index (κ3) is 3.67. The monoisotopic (exact) mass is 312 g/mol. The number of carboxylic acids is 1. The van der Waals surface area contributed by atoms with Gasteiger partial charge in [-0.3, -0.25) is 0 Å². The summed E-state index contributed by atoms with van der Waals surface area (Å²) in [7, 11) is 0. The molecule has 2 aromatic rings. The average Bonchev–Trinajstić information content (AvgIpc) is 2.85. The van der Waals surface area contributed by atoms with Crippen molar-refractivity contribution in [2.45, 2.75) is 25.7 Å². The standard InChI is InChI=1S/C12H13ClN4O4/c1-7(18)11(12(19)20)17-10(14-15-16-17)6-21-9-4-2-8(13)3-5-9/h2-5,7,11,18H,6H2,1H3,(H,19,20). The number of benzene rings is 1. The first kappa shape index (κ1) is 15.2. The van der Waals surface area contributed by atoms with Crippen LogP contribution in [0, 0.1) is 0 Å². The van der Waals surface area contributed by atoms with Gasteiger partial charge in [0.25, 0.3) is 0 Å². The molecule has 9 heteroatoms. The zero-order valence-corrected chi connectivity index (χ0v) is 11.8. The molecule has 21 heavy (non-hydrogen) atoms. The first-order valence-corrected chi connectivity index (χ1v) is 6.43.